The summed E-state index contributed by atoms with van der Waals surface area (Å²) in [7, 11) is 0. The van der Waals surface area contributed by atoms with Crippen molar-refractivity contribution in [3.8, 4) is 0 Å². The Labute approximate surface area is 96.1 Å². The Morgan fingerprint density at radius 2 is 2.12 bits per heavy atom. The van der Waals surface area contributed by atoms with Crippen molar-refractivity contribution in [2.45, 2.75) is 39.5 Å². The largest absolute Gasteiger partial charge is 0.461 e. The Morgan fingerprint density at radius 1 is 1.44 bits per heavy atom. The Morgan fingerprint density at radius 3 is 2.69 bits per heavy atom. The second-order valence-electron chi connectivity index (χ2n) is 4.22. The molecule has 0 fully saturated rings. The van der Waals surface area contributed by atoms with Gasteiger partial charge in [-0.25, -0.2) is 14.8 Å². The molecule has 16 heavy (non-hydrogen) atoms. The number of hydrogen-bond acceptors (Lipinski definition) is 4. The number of nitrogens with zero attached hydrogens (tertiary/aromatic N) is 2. The molecule has 0 aliphatic carbocycles. The summed E-state index contributed by atoms with van der Waals surface area (Å²) in [6.45, 7) is 8.31. The zero-order valence-electron chi connectivity index (χ0n) is 10.3. The molecule has 0 radical (unpaired) electrons. The van der Waals surface area contributed by atoms with E-state index in [0.717, 1.165) is 6.42 Å². The fraction of sp³-hybridized carbons (Fsp3) is 0.583. The van der Waals surface area contributed by atoms with Gasteiger partial charge in [0.05, 0.1) is 6.61 Å². The summed E-state index contributed by atoms with van der Waals surface area (Å²) in [5.74, 6) is 0.290. The average molecular weight is 222 g/mol. The maximum atomic E-state index is 11.5. The van der Waals surface area contributed by atoms with E-state index in [2.05, 4.69) is 30.7 Å². The molecule has 0 amide bonds. The van der Waals surface area contributed by atoms with Crippen LogP contribution in [-0.2, 0) is 10.2 Å². The minimum absolute atomic E-state index is 0.123. The molecule has 0 saturated carbocycles. The van der Waals surface area contributed by atoms with Crippen molar-refractivity contribution < 1.29 is 9.53 Å². The van der Waals surface area contributed by atoms with Crippen LogP contribution >= 0.6 is 0 Å². The van der Waals surface area contributed by atoms with E-state index < -0.39 is 5.97 Å². The third-order valence-electron chi connectivity index (χ3n) is 2.63. The van der Waals surface area contributed by atoms with Gasteiger partial charge in [0.1, 0.15) is 5.82 Å². The SMILES string of the molecule is CCOC(=O)c1ccnc(C(C)(C)CC)n1. The van der Waals surface area contributed by atoms with Crippen molar-refractivity contribution in [1.82, 2.24) is 9.97 Å². The van der Waals surface area contributed by atoms with Crippen molar-refractivity contribution >= 4 is 5.97 Å². The van der Waals surface area contributed by atoms with Gasteiger partial charge in [-0.3, -0.25) is 0 Å². The van der Waals surface area contributed by atoms with E-state index in [4.69, 9.17) is 4.74 Å². The summed E-state index contributed by atoms with van der Waals surface area (Å²) < 4.78 is 4.90. The molecule has 4 heteroatoms. The average Bonchev–Trinajstić information content (AvgIpc) is 2.29. The van der Waals surface area contributed by atoms with Crippen LogP contribution in [0.3, 0.4) is 0 Å². The van der Waals surface area contributed by atoms with Crippen molar-refractivity contribution in [1.29, 1.82) is 0 Å². The minimum Gasteiger partial charge on any atom is -0.461 e. The van der Waals surface area contributed by atoms with Crippen LogP contribution in [0.5, 0.6) is 0 Å². The van der Waals surface area contributed by atoms with E-state index in [1.54, 1.807) is 19.2 Å². The molecule has 0 atom stereocenters. The van der Waals surface area contributed by atoms with Crippen LogP contribution in [0.1, 0.15) is 50.4 Å². The second-order valence-corrected chi connectivity index (χ2v) is 4.22. The van der Waals surface area contributed by atoms with Crippen LogP contribution in [-0.4, -0.2) is 22.5 Å². The van der Waals surface area contributed by atoms with Gasteiger partial charge in [-0.2, -0.15) is 0 Å². The normalized spacial score (nSPS) is 11.2. The van der Waals surface area contributed by atoms with Crippen molar-refractivity contribution in [2.75, 3.05) is 6.61 Å². The topological polar surface area (TPSA) is 52.1 Å². The maximum absolute atomic E-state index is 11.5. The van der Waals surface area contributed by atoms with Gasteiger partial charge >= 0.3 is 5.97 Å². The summed E-state index contributed by atoms with van der Waals surface area (Å²) in [6, 6.07) is 1.58. The molecule has 0 unspecified atom stereocenters. The standard InChI is InChI=1S/C12H18N2O2/c1-5-12(3,4)11-13-8-7-9(14-11)10(15)16-6-2/h7-8H,5-6H2,1-4H3. The van der Waals surface area contributed by atoms with Crippen LogP contribution in [0.15, 0.2) is 12.3 Å². The Balaban J connectivity index is 3.00. The van der Waals surface area contributed by atoms with Crippen LogP contribution in [0.25, 0.3) is 0 Å². The first-order chi connectivity index (χ1) is 7.51. The fourth-order valence-corrected chi connectivity index (χ4v) is 1.16. The van der Waals surface area contributed by atoms with Gasteiger partial charge in [-0.15, -0.1) is 0 Å². The van der Waals surface area contributed by atoms with Gasteiger partial charge < -0.3 is 4.74 Å². The molecular weight excluding hydrogens is 204 g/mol. The molecular formula is C12H18N2O2. The van der Waals surface area contributed by atoms with Crippen LogP contribution < -0.4 is 0 Å². The number of carbonyl (C=O) groups excluding carboxylic acids is 1. The van der Waals surface area contributed by atoms with E-state index in [1.807, 2.05) is 0 Å². The summed E-state index contributed by atoms with van der Waals surface area (Å²) >= 11 is 0. The van der Waals surface area contributed by atoms with E-state index in [1.165, 1.54) is 0 Å². The molecule has 1 aromatic heterocycles. The lowest BCUT2D eigenvalue weighted by Gasteiger charge is -2.20. The monoisotopic (exact) mass is 222 g/mol. The van der Waals surface area contributed by atoms with Gasteiger partial charge in [-0.1, -0.05) is 20.8 Å². The van der Waals surface area contributed by atoms with Gasteiger partial charge in [0, 0.05) is 11.6 Å². The van der Waals surface area contributed by atoms with Crippen LogP contribution in [0, 0.1) is 0 Å². The van der Waals surface area contributed by atoms with E-state index in [9.17, 15) is 4.79 Å². The molecule has 1 heterocycles. The van der Waals surface area contributed by atoms with Gasteiger partial charge in [0.2, 0.25) is 0 Å². The summed E-state index contributed by atoms with van der Waals surface area (Å²) in [5, 5.41) is 0. The first-order valence-electron chi connectivity index (χ1n) is 5.52. The van der Waals surface area contributed by atoms with Gasteiger partial charge in [0.25, 0.3) is 0 Å². The third-order valence-corrected chi connectivity index (χ3v) is 2.63. The highest BCUT2D eigenvalue weighted by Gasteiger charge is 2.22. The molecule has 1 aromatic rings. The number of aromatic nitrogens is 2. The van der Waals surface area contributed by atoms with Crippen LogP contribution in [0.2, 0.25) is 0 Å². The lowest BCUT2D eigenvalue weighted by Crippen LogP contribution is -2.21. The number of esters is 1. The number of rotatable bonds is 4. The predicted molar refractivity (Wildman–Crippen MR) is 61.3 cm³/mol. The van der Waals surface area contributed by atoms with Gasteiger partial charge in [0.15, 0.2) is 5.69 Å². The highest BCUT2D eigenvalue weighted by molar-refractivity contribution is 5.87. The number of ether oxygens (including phenoxy) is 1. The Kier molecular flexibility index (Phi) is 3.99. The Hall–Kier alpha value is -1.45. The molecule has 0 aliphatic rings. The molecule has 0 saturated heterocycles. The van der Waals surface area contributed by atoms with Gasteiger partial charge in [-0.05, 0) is 19.4 Å². The number of hydrogen-bond donors (Lipinski definition) is 0. The summed E-state index contributed by atoms with van der Waals surface area (Å²) in [6.07, 6.45) is 2.52. The maximum Gasteiger partial charge on any atom is 0.357 e. The molecule has 0 aromatic carbocycles. The zero-order chi connectivity index (χ0) is 12.2. The van der Waals surface area contributed by atoms with E-state index in [-0.39, 0.29) is 5.41 Å². The quantitative estimate of drug-likeness (QED) is 0.734. The van der Waals surface area contributed by atoms with E-state index >= 15 is 0 Å². The smallest absolute Gasteiger partial charge is 0.357 e. The summed E-state index contributed by atoms with van der Waals surface area (Å²) in [4.78, 5) is 20.0. The lowest BCUT2D eigenvalue weighted by atomic mass is 9.89. The molecule has 0 spiro atoms. The van der Waals surface area contributed by atoms with Crippen molar-refractivity contribution in [3.63, 3.8) is 0 Å². The van der Waals surface area contributed by atoms with Crippen molar-refractivity contribution in [3.05, 3.63) is 23.8 Å². The zero-order valence-corrected chi connectivity index (χ0v) is 10.3. The first kappa shape index (κ1) is 12.6. The minimum atomic E-state index is -0.391. The highest BCUT2D eigenvalue weighted by atomic mass is 16.5. The predicted octanol–water partition coefficient (Wildman–Crippen LogP) is 2.34. The number of carbonyl (C=O) groups is 1. The molecule has 0 bridgehead atoms. The molecule has 4 nitrogen and oxygen atoms in total. The third kappa shape index (κ3) is 2.78. The molecule has 88 valence electrons. The van der Waals surface area contributed by atoms with Crippen LogP contribution in [0.4, 0.5) is 0 Å². The fourth-order valence-electron chi connectivity index (χ4n) is 1.16. The first-order valence-corrected chi connectivity index (χ1v) is 5.52. The van der Waals surface area contributed by atoms with E-state index in [0.29, 0.717) is 18.1 Å². The van der Waals surface area contributed by atoms with Crippen molar-refractivity contribution in [2.24, 2.45) is 0 Å². The Bertz CT molecular complexity index is 375. The second kappa shape index (κ2) is 5.05. The molecule has 1 rings (SSSR count). The summed E-state index contributed by atoms with van der Waals surface area (Å²) in [5.41, 5.74) is 0.205. The highest BCUT2D eigenvalue weighted by Crippen LogP contribution is 2.22. The lowest BCUT2D eigenvalue weighted by molar-refractivity contribution is 0.0518. The molecule has 0 N–H and O–H groups in total. The molecule has 0 aliphatic heterocycles.